The molecule has 3 rings (SSSR count). The van der Waals surface area contributed by atoms with Crippen LogP contribution in [0, 0.1) is 10.1 Å². The third kappa shape index (κ3) is 5.71. The maximum atomic E-state index is 12.9. The average Bonchev–Trinajstić information content (AvgIpc) is 2.76. The molecule has 0 saturated heterocycles. The molecule has 0 saturated carbocycles. The van der Waals surface area contributed by atoms with E-state index in [1.807, 2.05) is 30.5 Å². The van der Waals surface area contributed by atoms with Crippen molar-refractivity contribution in [1.82, 2.24) is 10.3 Å². The average molecular weight is 459 g/mol. The van der Waals surface area contributed by atoms with Gasteiger partial charge < -0.3 is 10.6 Å². The number of nitrogens with zero attached hydrogens (tertiary/aromatic N) is 2. The number of nitrogens with one attached hydrogen (secondary N) is 2. The Labute approximate surface area is 187 Å². The molecule has 2 N–H and O–H groups in total. The molecule has 31 heavy (non-hydrogen) atoms. The topological polar surface area (TPSA) is 114 Å². The summed E-state index contributed by atoms with van der Waals surface area (Å²) in [5.41, 5.74) is 0.985. The van der Waals surface area contributed by atoms with Gasteiger partial charge in [0.15, 0.2) is 0 Å². The maximum Gasteiger partial charge on any atom is 0.288 e. The van der Waals surface area contributed by atoms with Gasteiger partial charge in [0.2, 0.25) is 5.91 Å². The van der Waals surface area contributed by atoms with Gasteiger partial charge in [-0.3, -0.25) is 24.7 Å². The fourth-order valence-electron chi connectivity index (χ4n) is 2.91. The molecule has 2 amide bonds. The Hall–Kier alpha value is -3.17. The van der Waals surface area contributed by atoms with Gasteiger partial charge in [-0.15, -0.1) is 0 Å². The third-order valence-electron chi connectivity index (χ3n) is 4.50. The largest absolute Gasteiger partial charge is 0.340 e. The highest BCUT2D eigenvalue weighted by molar-refractivity contribution is 7.98. The van der Waals surface area contributed by atoms with E-state index in [1.165, 1.54) is 23.9 Å². The van der Waals surface area contributed by atoms with Gasteiger partial charge in [-0.2, -0.15) is 11.8 Å². The number of carbonyl (C=O) groups excluding carboxylic acids is 2. The molecule has 0 aliphatic heterocycles. The second-order valence-corrected chi connectivity index (χ2v) is 8.03. The van der Waals surface area contributed by atoms with Crippen molar-refractivity contribution in [3.8, 4) is 0 Å². The predicted molar refractivity (Wildman–Crippen MR) is 123 cm³/mol. The normalized spacial score (nSPS) is 11.7. The Morgan fingerprint density at radius 1 is 1.23 bits per heavy atom. The van der Waals surface area contributed by atoms with E-state index >= 15 is 0 Å². The maximum absolute atomic E-state index is 12.9. The molecule has 1 unspecified atom stereocenters. The van der Waals surface area contributed by atoms with Crippen LogP contribution in [0.2, 0.25) is 5.02 Å². The quantitative estimate of drug-likeness (QED) is 0.384. The van der Waals surface area contributed by atoms with E-state index in [0.29, 0.717) is 17.9 Å². The van der Waals surface area contributed by atoms with Crippen molar-refractivity contribution >= 4 is 57.5 Å². The van der Waals surface area contributed by atoms with Crippen molar-refractivity contribution in [1.29, 1.82) is 0 Å². The highest BCUT2D eigenvalue weighted by Crippen LogP contribution is 2.25. The van der Waals surface area contributed by atoms with E-state index in [1.54, 1.807) is 12.3 Å². The summed E-state index contributed by atoms with van der Waals surface area (Å²) >= 11 is 7.34. The Bertz CT molecular complexity index is 1140. The molecule has 0 bridgehead atoms. The zero-order valence-corrected chi connectivity index (χ0v) is 18.1. The van der Waals surface area contributed by atoms with Crippen LogP contribution < -0.4 is 10.6 Å². The minimum Gasteiger partial charge on any atom is -0.340 e. The molecule has 0 aliphatic carbocycles. The first-order valence-electron chi connectivity index (χ1n) is 9.28. The molecule has 0 spiro atoms. The smallest absolute Gasteiger partial charge is 0.288 e. The standard InChI is InChI=1S/C21H19ClN4O4S/c1-31-9-8-18(25-20(27)14-6-7-16(22)19(11-14)26(29)30)21(28)24-15-10-13-4-2-3-5-17(13)23-12-15/h2-7,10-12,18H,8-9H2,1H3,(H,24,28)(H,25,27). The Balaban J connectivity index is 1.77. The summed E-state index contributed by atoms with van der Waals surface area (Å²) in [4.78, 5) is 40.3. The highest BCUT2D eigenvalue weighted by Gasteiger charge is 2.23. The lowest BCUT2D eigenvalue weighted by Crippen LogP contribution is -2.44. The summed E-state index contributed by atoms with van der Waals surface area (Å²) in [7, 11) is 0. The predicted octanol–water partition coefficient (Wildman–Crippen LogP) is 4.29. The molecule has 0 fully saturated rings. The number of halogens is 1. The number of hydrogen-bond acceptors (Lipinski definition) is 6. The second kappa shape index (κ2) is 10.2. The SMILES string of the molecule is CSCCC(NC(=O)c1ccc(Cl)c([N+](=O)[O-])c1)C(=O)Nc1cnc2ccccc2c1. The van der Waals surface area contributed by atoms with Crippen LogP contribution in [0.15, 0.2) is 54.7 Å². The van der Waals surface area contributed by atoms with Crippen molar-refractivity contribution in [3.05, 3.63) is 75.4 Å². The number of aromatic nitrogens is 1. The van der Waals surface area contributed by atoms with Gasteiger partial charge in [-0.1, -0.05) is 29.8 Å². The first-order chi connectivity index (χ1) is 14.9. The summed E-state index contributed by atoms with van der Waals surface area (Å²) in [6.45, 7) is 0. The van der Waals surface area contributed by atoms with Crippen LogP contribution in [-0.4, -0.2) is 39.8 Å². The molecule has 10 heteroatoms. The number of hydrogen-bond donors (Lipinski definition) is 2. The number of amides is 2. The van der Waals surface area contributed by atoms with Crippen LogP contribution in [0.1, 0.15) is 16.8 Å². The zero-order valence-electron chi connectivity index (χ0n) is 16.5. The van der Waals surface area contributed by atoms with Crippen LogP contribution in [0.3, 0.4) is 0 Å². The van der Waals surface area contributed by atoms with Crippen LogP contribution in [-0.2, 0) is 4.79 Å². The van der Waals surface area contributed by atoms with Crippen LogP contribution in [0.25, 0.3) is 10.9 Å². The van der Waals surface area contributed by atoms with E-state index in [2.05, 4.69) is 15.6 Å². The van der Waals surface area contributed by atoms with Crippen LogP contribution in [0.5, 0.6) is 0 Å². The first kappa shape index (κ1) is 22.5. The lowest BCUT2D eigenvalue weighted by atomic mass is 10.1. The van der Waals surface area contributed by atoms with Crippen molar-refractivity contribution in [2.45, 2.75) is 12.5 Å². The molecular formula is C21H19ClN4O4S. The molecule has 3 aromatic rings. The number of nitro benzene ring substituents is 1. The lowest BCUT2D eigenvalue weighted by Gasteiger charge is -2.18. The molecule has 160 valence electrons. The number of nitro groups is 1. The number of fused-ring (bicyclic) bond motifs is 1. The number of para-hydroxylation sites is 1. The third-order valence-corrected chi connectivity index (χ3v) is 5.46. The number of pyridine rings is 1. The van der Waals surface area contributed by atoms with Gasteiger partial charge in [-0.05, 0) is 42.7 Å². The van der Waals surface area contributed by atoms with E-state index in [9.17, 15) is 19.7 Å². The van der Waals surface area contributed by atoms with E-state index in [0.717, 1.165) is 17.0 Å². The Kier molecular flexibility index (Phi) is 7.43. The molecular weight excluding hydrogens is 440 g/mol. The molecule has 1 aromatic heterocycles. The van der Waals surface area contributed by atoms with Gasteiger partial charge in [0.25, 0.3) is 11.6 Å². The van der Waals surface area contributed by atoms with Gasteiger partial charge in [0.1, 0.15) is 11.1 Å². The summed E-state index contributed by atoms with van der Waals surface area (Å²) in [6, 6.07) is 12.2. The van der Waals surface area contributed by atoms with Gasteiger partial charge >= 0.3 is 0 Å². The molecule has 0 radical (unpaired) electrons. The van der Waals surface area contributed by atoms with Crippen molar-refractivity contribution in [2.24, 2.45) is 0 Å². The van der Waals surface area contributed by atoms with Crippen molar-refractivity contribution < 1.29 is 14.5 Å². The summed E-state index contributed by atoms with van der Waals surface area (Å²) in [5, 5.41) is 17.3. The number of carbonyl (C=O) groups is 2. The first-order valence-corrected chi connectivity index (χ1v) is 11.1. The minimum absolute atomic E-state index is 0.0467. The summed E-state index contributed by atoms with van der Waals surface area (Å²) < 4.78 is 0. The number of anilines is 1. The molecule has 0 aliphatic rings. The minimum atomic E-state index is -0.832. The number of benzene rings is 2. The fraction of sp³-hybridized carbons (Fsp3) is 0.190. The van der Waals surface area contributed by atoms with Gasteiger partial charge in [0, 0.05) is 17.0 Å². The van der Waals surface area contributed by atoms with Gasteiger partial charge in [0.05, 0.1) is 22.3 Å². The van der Waals surface area contributed by atoms with E-state index in [-0.39, 0.29) is 16.3 Å². The van der Waals surface area contributed by atoms with E-state index < -0.39 is 22.8 Å². The highest BCUT2D eigenvalue weighted by atomic mass is 35.5. The number of rotatable bonds is 8. The number of thioether (sulfide) groups is 1. The molecule has 2 aromatic carbocycles. The molecule has 8 nitrogen and oxygen atoms in total. The van der Waals surface area contributed by atoms with Crippen molar-refractivity contribution in [3.63, 3.8) is 0 Å². The van der Waals surface area contributed by atoms with Crippen LogP contribution in [0.4, 0.5) is 11.4 Å². The lowest BCUT2D eigenvalue weighted by molar-refractivity contribution is -0.384. The fourth-order valence-corrected chi connectivity index (χ4v) is 3.57. The molecule has 1 atom stereocenters. The Morgan fingerprint density at radius 2 is 2.00 bits per heavy atom. The van der Waals surface area contributed by atoms with Gasteiger partial charge in [-0.25, -0.2) is 0 Å². The van der Waals surface area contributed by atoms with Crippen molar-refractivity contribution in [2.75, 3.05) is 17.3 Å². The van der Waals surface area contributed by atoms with Crippen LogP contribution >= 0.6 is 23.4 Å². The summed E-state index contributed by atoms with van der Waals surface area (Å²) in [5.74, 6) is -0.365. The Morgan fingerprint density at radius 3 is 2.74 bits per heavy atom. The molecule has 1 heterocycles. The monoisotopic (exact) mass is 458 g/mol. The zero-order chi connectivity index (χ0) is 22.4. The second-order valence-electron chi connectivity index (χ2n) is 6.64. The van der Waals surface area contributed by atoms with E-state index in [4.69, 9.17) is 11.6 Å². The summed E-state index contributed by atoms with van der Waals surface area (Å²) in [6.07, 6.45) is 3.83.